The standard InChI is InChI=1S/C18H20N2O7S/c1-25-14-3-5-15(6-4-14)28(23,24)19-10-13-9-17-16(26-11-27-17)8-12(13)2-7-18(21)20-22/h3-6,8-9,19,22H,2,7,10-11H2,1H3,(H,20,21). The van der Waals surface area contributed by atoms with E-state index in [1.807, 2.05) is 0 Å². The van der Waals surface area contributed by atoms with Crippen LogP contribution in [0.5, 0.6) is 17.2 Å². The molecule has 0 spiro atoms. The van der Waals surface area contributed by atoms with Gasteiger partial charge in [0, 0.05) is 13.0 Å². The molecule has 1 amide bonds. The van der Waals surface area contributed by atoms with Gasteiger partial charge in [0.1, 0.15) is 5.75 Å². The molecular formula is C18H20N2O7S. The van der Waals surface area contributed by atoms with E-state index in [4.69, 9.17) is 19.4 Å². The Kier molecular flexibility index (Phi) is 6.02. The van der Waals surface area contributed by atoms with Crippen molar-refractivity contribution in [3.8, 4) is 17.2 Å². The number of benzene rings is 2. The van der Waals surface area contributed by atoms with Crippen molar-refractivity contribution in [2.75, 3.05) is 13.9 Å². The van der Waals surface area contributed by atoms with E-state index in [2.05, 4.69) is 4.72 Å². The van der Waals surface area contributed by atoms with Gasteiger partial charge in [-0.25, -0.2) is 18.6 Å². The predicted molar refractivity (Wildman–Crippen MR) is 97.8 cm³/mol. The van der Waals surface area contributed by atoms with Gasteiger partial charge in [0.15, 0.2) is 11.5 Å². The Bertz CT molecular complexity index is 959. The second-order valence-corrected chi connectivity index (χ2v) is 7.78. The number of carbonyl (C=O) groups excluding carboxylic acids is 1. The minimum atomic E-state index is -3.75. The lowest BCUT2D eigenvalue weighted by Crippen LogP contribution is -2.24. The van der Waals surface area contributed by atoms with E-state index in [0.717, 1.165) is 0 Å². The highest BCUT2D eigenvalue weighted by Crippen LogP contribution is 2.35. The lowest BCUT2D eigenvalue weighted by Gasteiger charge is -2.13. The third-order valence-electron chi connectivity index (χ3n) is 4.26. The zero-order chi connectivity index (χ0) is 20.1. The Morgan fingerprint density at radius 2 is 1.79 bits per heavy atom. The first-order chi connectivity index (χ1) is 13.4. The first kappa shape index (κ1) is 19.9. The monoisotopic (exact) mass is 408 g/mol. The lowest BCUT2D eigenvalue weighted by molar-refractivity contribution is -0.129. The van der Waals surface area contributed by atoms with Gasteiger partial charge in [-0.2, -0.15) is 0 Å². The molecule has 10 heteroatoms. The Hall–Kier alpha value is -2.82. The third-order valence-corrected chi connectivity index (χ3v) is 5.68. The number of nitrogens with one attached hydrogen (secondary N) is 2. The van der Waals surface area contributed by atoms with Crippen molar-refractivity contribution in [2.45, 2.75) is 24.3 Å². The van der Waals surface area contributed by atoms with Crippen LogP contribution in [0.1, 0.15) is 17.5 Å². The van der Waals surface area contributed by atoms with Gasteiger partial charge in [0.05, 0.1) is 12.0 Å². The number of ether oxygens (including phenoxy) is 3. The summed E-state index contributed by atoms with van der Waals surface area (Å²) in [6, 6.07) is 9.43. The Balaban J connectivity index is 1.79. The third kappa shape index (κ3) is 4.53. The van der Waals surface area contributed by atoms with E-state index in [9.17, 15) is 13.2 Å². The summed E-state index contributed by atoms with van der Waals surface area (Å²) in [4.78, 5) is 11.5. The number of fused-ring (bicyclic) bond motifs is 1. The van der Waals surface area contributed by atoms with Crippen LogP contribution in [-0.2, 0) is 27.8 Å². The van der Waals surface area contributed by atoms with Crippen molar-refractivity contribution in [1.82, 2.24) is 10.2 Å². The Morgan fingerprint density at radius 1 is 1.14 bits per heavy atom. The van der Waals surface area contributed by atoms with Crippen LogP contribution in [0.2, 0.25) is 0 Å². The molecule has 0 fully saturated rings. The van der Waals surface area contributed by atoms with Crippen LogP contribution in [0.3, 0.4) is 0 Å². The number of methoxy groups -OCH3 is 1. The number of hydrogen-bond donors (Lipinski definition) is 3. The molecule has 9 nitrogen and oxygen atoms in total. The molecule has 0 radical (unpaired) electrons. The summed E-state index contributed by atoms with van der Waals surface area (Å²) in [7, 11) is -2.25. The summed E-state index contributed by atoms with van der Waals surface area (Å²) in [5.41, 5.74) is 2.94. The normalized spacial score (nSPS) is 12.6. The van der Waals surface area contributed by atoms with Crippen molar-refractivity contribution >= 4 is 15.9 Å². The Morgan fingerprint density at radius 3 is 2.39 bits per heavy atom. The van der Waals surface area contributed by atoms with E-state index in [1.54, 1.807) is 29.7 Å². The molecule has 0 bridgehead atoms. The van der Waals surface area contributed by atoms with Crippen LogP contribution >= 0.6 is 0 Å². The molecule has 0 saturated carbocycles. The van der Waals surface area contributed by atoms with E-state index >= 15 is 0 Å². The quantitative estimate of drug-likeness (QED) is 0.445. The molecule has 0 saturated heterocycles. The van der Waals surface area contributed by atoms with Gasteiger partial charge >= 0.3 is 0 Å². The second kappa shape index (κ2) is 8.46. The van der Waals surface area contributed by atoms with Gasteiger partial charge in [0.2, 0.25) is 22.7 Å². The average molecular weight is 408 g/mol. The summed E-state index contributed by atoms with van der Waals surface area (Å²) in [6.07, 6.45) is 0.330. The molecule has 2 aromatic rings. The highest BCUT2D eigenvalue weighted by Gasteiger charge is 2.20. The summed E-state index contributed by atoms with van der Waals surface area (Å²) < 4.78 is 43.4. The summed E-state index contributed by atoms with van der Waals surface area (Å²) in [5.74, 6) is 1.05. The number of rotatable bonds is 8. The average Bonchev–Trinajstić information content (AvgIpc) is 3.17. The van der Waals surface area contributed by atoms with Gasteiger partial charge < -0.3 is 14.2 Å². The zero-order valence-electron chi connectivity index (χ0n) is 15.1. The fourth-order valence-corrected chi connectivity index (χ4v) is 3.75. The minimum Gasteiger partial charge on any atom is -0.497 e. The van der Waals surface area contributed by atoms with E-state index in [1.165, 1.54) is 19.2 Å². The van der Waals surface area contributed by atoms with Gasteiger partial charge in [-0.1, -0.05) is 0 Å². The molecule has 1 aliphatic heterocycles. The maximum atomic E-state index is 12.6. The van der Waals surface area contributed by atoms with Gasteiger partial charge in [0.25, 0.3) is 0 Å². The molecule has 1 aliphatic rings. The van der Waals surface area contributed by atoms with Crippen LogP contribution < -0.4 is 24.4 Å². The number of carbonyl (C=O) groups is 1. The SMILES string of the molecule is COc1ccc(S(=O)(=O)NCc2cc3c(cc2CCC(=O)NO)OCO3)cc1. The van der Waals surface area contributed by atoms with Crippen LogP contribution in [-0.4, -0.2) is 33.4 Å². The predicted octanol–water partition coefficient (Wildman–Crippen LogP) is 1.34. The van der Waals surface area contributed by atoms with Crippen molar-refractivity contribution in [1.29, 1.82) is 0 Å². The molecule has 0 atom stereocenters. The summed E-state index contributed by atoms with van der Waals surface area (Å²) >= 11 is 0. The number of hydrogen-bond acceptors (Lipinski definition) is 7. The van der Waals surface area contributed by atoms with Crippen LogP contribution in [0.25, 0.3) is 0 Å². The number of sulfonamides is 1. The lowest BCUT2D eigenvalue weighted by atomic mass is 10.0. The van der Waals surface area contributed by atoms with Crippen LogP contribution in [0.15, 0.2) is 41.3 Å². The molecule has 0 aliphatic carbocycles. The molecule has 28 heavy (non-hydrogen) atoms. The molecular weight excluding hydrogens is 388 g/mol. The van der Waals surface area contributed by atoms with Crippen molar-refractivity contribution in [3.63, 3.8) is 0 Å². The Labute approximate surface area is 162 Å². The van der Waals surface area contributed by atoms with Gasteiger partial charge in [-0.3, -0.25) is 10.0 Å². The van der Waals surface area contributed by atoms with Gasteiger partial charge in [-0.15, -0.1) is 0 Å². The molecule has 150 valence electrons. The zero-order valence-corrected chi connectivity index (χ0v) is 15.9. The maximum absolute atomic E-state index is 12.6. The van der Waals surface area contributed by atoms with Crippen molar-refractivity contribution in [2.24, 2.45) is 0 Å². The van der Waals surface area contributed by atoms with E-state index in [0.29, 0.717) is 34.8 Å². The largest absolute Gasteiger partial charge is 0.497 e. The molecule has 2 aromatic carbocycles. The minimum absolute atomic E-state index is 0.00107. The fraction of sp³-hybridized carbons (Fsp3) is 0.278. The van der Waals surface area contributed by atoms with E-state index in [-0.39, 0.29) is 24.7 Å². The molecule has 1 heterocycles. The highest BCUT2D eigenvalue weighted by atomic mass is 32.2. The number of aryl methyl sites for hydroxylation is 1. The summed E-state index contributed by atoms with van der Waals surface area (Å²) in [5, 5.41) is 8.67. The number of hydroxylamine groups is 1. The molecule has 0 aromatic heterocycles. The van der Waals surface area contributed by atoms with Crippen LogP contribution in [0, 0.1) is 0 Å². The molecule has 3 N–H and O–H groups in total. The van der Waals surface area contributed by atoms with Gasteiger partial charge in [-0.05, 0) is 53.9 Å². The summed E-state index contributed by atoms with van der Waals surface area (Å²) in [6.45, 7) is 0.0774. The first-order valence-corrected chi connectivity index (χ1v) is 9.89. The number of amides is 1. The highest BCUT2D eigenvalue weighted by molar-refractivity contribution is 7.89. The first-order valence-electron chi connectivity index (χ1n) is 8.41. The van der Waals surface area contributed by atoms with Crippen molar-refractivity contribution in [3.05, 3.63) is 47.5 Å². The molecule has 3 rings (SSSR count). The van der Waals surface area contributed by atoms with E-state index < -0.39 is 15.9 Å². The van der Waals surface area contributed by atoms with Crippen molar-refractivity contribution < 1.29 is 32.6 Å². The molecule has 0 unspecified atom stereocenters. The smallest absolute Gasteiger partial charge is 0.243 e. The van der Waals surface area contributed by atoms with Crippen LogP contribution in [0.4, 0.5) is 0 Å². The second-order valence-electron chi connectivity index (χ2n) is 6.01. The maximum Gasteiger partial charge on any atom is 0.243 e. The fourth-order valence-electron chi connectivity index (χ4n) is 2.74. The topological polar surface area (TPSA) is 123 Å².